The van der Waals surface area contributed by atoms with Crippen LogP contribution in [0.15, 0.2) is 22.7 Å². The first-order valence-electron chi connectivity index (χ1n) is 5.60. The highest BCUT2D eigenvalue weighted by Gasteiger charge is 2.39. The second-order valence-electron chi connectivity index (χ2n) is 4.36. The van der Waals surface area contributed by atoms with Crippen LogP contribution >= 0.6 is 15.9 Å². The van der Waals surface area contributed by atoms with E-state index in [0.717, 1.165) is 4.90 Å². The molecule has 1 aliphatic rings. The molecule has 6 nitrogen and oxygen atoms in total. The normalized spacial score (nSPS) is 22.5. The minimum Gasteiger partial charge on any atom is -0.507 e. The van der Waals surface area contributed by atoms with Gasteiger partial charge in [0.1, 0.15) is 11.8 Å². The van der Waals surface area contributed by atoms with E-state index in [-0.39, 0.29) is 24.3 Å². The van der Waals surface area contributed by atoms with Gasteiger partial charge in [-0.1, -0.05) is 15.9 Å². The van der Waals surface area contributed by atoms with E-state index >= 15 is 0 Å². The molecule has 3 N–H and O–H groups in total. The average molecular weight is 330 g/mol. The molecular formula is C12H12BrNO5. The minimum atomic E-state index is -1.17. The number of aliphatic hydroxyl groups excluding tert-OH is 1. The monoisotopic (exact) mass is 329 g/mol. The van der Waals surface area contributed by atoms with Crippen LogP contribution < -0.4 is 0 Å². The lowest BCUT2D eigenvalue weighted by atomic mass is 10.1. The number of benzene rings is 1. The van der Waals surface area contributed by atoms with E-state index < -0.39 is 24.0 Å². The fourth-order valence-electron chi connectivity index (χ4n) is 2.11. The van der Waals surface area contributed by atoms with Gasteiger partial charge in [0.15, 0.2) is 0 Å². The highest BCUT2D eigenvalue weighted by molar-refractivity contribution is 9.10. The van der Waals surface area contributed by atoms with Gasteiger partial charge in [0.2, 0.25) is 0 Å². The topological polar surface area (TPSA) is 98.1 Å². The maximum atomic E-state index is 12.2. The van der Waals surface area contributed by atoms with Crippen LogP contribution in [0.25, 0.3) is 0 Å². The molecule has 0 aromatic heterocycles. The predicted octanol–water partition coefficient (Wildman–Crippen LogP) is 0.815. The van der Waals surface area contributed by atoms with Crippen molar-refractivity contribution in [2.45, 2.75) is 18.6 Å². The maximum Gasteiger partial charge on any atom is 0.326 e. The molecule has 1 fully saturated rings. The Bertz CT molecular complexity index is 533. The molecule has 1 heterocycles. The third kappa shape index (κ3) is 2.71. The summed E-state index contributed by atoms with van der Waals surface area (Å²) >= 11 is 3.15. The smallest absolute Gasteiger partial charge is 0.326 e. The summed E-state index contributed by atoms with van der Waals surface area (Å²) in [6.45, 7) is -0.0503. The van der Waals surface area contributed by atoms with Crippen molar-refractivity contribution in [1.82, 2.24) is 4.90 Å². The van der Waals surface area contributed by atoms with Crippen LogP contribution in [0.5, 0.6) is 5.75 Å². The zero-order valence-corrected chi connectivity index (χ0v) is 11.4. The number of aliphatic carboxylic acids is 1. The van der Waals surface area contributed by atoms with E-state index in [2.05, 4.69) is 15.9 Å². The molecule has 2 atom stereocenters. The standard InChI is InChI=1S/C12H12BrNO5/c13-6-1-2-8(10(16)3-6)11(17)14-5-7(15)4-9(14)12(18)19/h1-3,7,9,15-16H,4-5H2,(H,18,19)/t7-,9-/m0/s1. The molecule has 1 saturated heterocycles. The molecule has 1 amide bonds. The first kappa shape index (κ1) is 13.8. The highest BCUT2D eigenvalue weighted by Crippen LogP contribution is 2.27. The number of carbonyl (C=O) groups excluding carboxylic acids is 1. The van der Waals surface area contributed by atoms with Gasteiger partial charge in [-0.05, 0) is 18.2 Å². The first-order chi connectivity index (χ1) is 8.90. The Morgan fingerprint density at radius 2 is 2.05 bits per heavy atom. The van der Waals surface area contributed by atoms with E-state index in [0.29, 0.717) is 4.47 Å². The number of hydrogen-bond donors (Lipinski definition) is 3. The van der Waals surface area contributed by atoms with Crippen LogP contribution in [0, 0.1) is 0 Å². The van der Waals surface area contributed by atoms with Crippen LogP contribution in [-0.4, -0.2) is 50.8 Å². The number of β-amino-alcohol motifs (C(OH)–C–C–N with tert-alkyl or cyclic N) is 1. The van der Waals surface area contributed by atoms with Crippen molar-refractivity contribution < 1.29 is 24.9 Å². The lowest BCUT2D eigenvalue weighted by Gasteiger charge is -2.21. The molecule has 0 spiro atoms. The molecule has 0 radical (unpaired) electrons. The molecule has 2 rings (SSSR count). The van der Waals surface area contributed by atoms with Gasteiger partial charge in [0, 0.05) is 17.4 Å². The Kier molecular flexibility index (Phi) is 3.77. The van der Waals surface area contributed by atoms with Crippen molar-refractivity contribution in [2.75, 3.05) is 6.54 Å². The number of amides is 1. The van der Waals surface area contributed by atoms with Crippen LogP contribution in [0.4, 0.5) is 0 Å². The zero-order chi connectivity index (χ0) is 14.2. The van der Waals surface area contributed by atoms with Crippen molar-refractivity contribution in [1.29, 1.82) is 0 Å². The van der Waals surface area contributed by atoms with Crippen LogP contribution in [0.2, 0.25) is 0 Å². The number of hydrogen-bond acceptors (Lipinski definition) is 4. The van der Waals surface area contributed by atoms with Crippen molar-refractivity contribution in [2.24, 2.45) is 0 Å². The van der Waals surface area contributed by atoms with Gasteiger partial charge in [-0.15, -0.1) is 0 Å². The summed E-state index contributed by atoms with van der Waals surface area (Å²) < 4.78 is 0.609. The number of aromatic hydroxyl groups is 1. The van der Waals surface area contributed by atoms with Gasteiger partial charge in [-0.3, -0.25) is 4.79 Å². The summed E-state index contributed by atoms with van der Waals surface area (Å²) in [5.74, 6) is -2.00. The fourth-order valence-corrected chi connectivity index (χ4v) is 2.46. The van der Waals surface area contributed by atoms with Gasteiger partial charge in [-0.2, -0.15) is 0 Å². The summed E-state index contributed by atoms with van der Waals surface area (Å²) in [6, 6.07) is 3.28. The molecular weight excluding hydrogens is 318 g/mol. The molecule has 0 unspecified atom stereocenters. The number of rotatable bonds is 2. The number of phenols is 1. The summed E-state index contributed by atoms with van der Waals surface area (Å²) in [6.07, 6.45) is -0.860. The summed E-state index contributed by atoms with van der Waals surface area (Å²) in [7, 11) is 0. The van der Waals surface area contributed by atoms with Gasteiger partial charge in [0.25, 0.3) is 5.91 Å². The predicted molar refractivity (Wildman–Crippen MR) is 68.9 cm³/mol. The Balaban J connectivity index is 2.30. The molecule has 0 bridgehead atoms. The van der Waals surface area contributed by atoms with Crippen LogP contribution in [-0.2, 0) is 4.79 Å². The average Bonchev–Trinajstić information content (AvgIpc) is 2.70. The Morgan fingerprint density at radius 3 is 2.63 bits per heavy atom. The molecule has 1 aromatic rings. The Labute approximate surface area is 117 Å². The number of nitrogens with zero attached hydrogens (tertiary/aromatic N) is 1. The first-order valence-corrected chi connectivity index (χ1v) is 6.40. The third-order valence-corrected chi connectivity index (χ3v) is 3.51. The van der Waals surface area contributed by atoms with Crippen molar-refractivity contribution in [3.05, 3.63) is 28.2 Å². The Morgan fingerprint density at radius 1 is 1.37 bits per heavy atom. The maximum absolute atomic E-state index is 12.2. The van der Waals surface area contributed by atoms with Crippen molar-refractivity contribution in [3.8, 4) is 5.75 Å². The van der Waals surface area contributed by atoms with E-state index in [1.54, 1.807) is 6.07 Å². The highest BCUT2D eigenvalue weighted by atomic mass is 79.9. The second-order valence-corrected chi connectivity index (χ2v) is 5.28. The van der Waals surface area contributed by atoms with E-state index in [1.807, 2.05) is 0 Å². The molecule has 1 aliphatic heterocycles. The lowest BCUT2D eigenvalue weighted by molar-refractivity contribution is -0.141. The number of carbonyl (C=O) groups is 2. The number of phenolic OH excluding ortho intramolecular Hbond substituents is 1. The van der Waals surface area contributed by atoms with Crippen LogP contribution in [0.3, 0.4) is 0 Å². The summed E-state index contributed by atoms with van der Waals surface area (Å²) in [5, 5.41) is 28.3. The second kappa shape index (κ2) is 5.18. The van der Waals surface area contributed by atoms with Gasteiger partial charge in [0.05, 0.1) is 11.7 Å². The quantitative estimate of drug-likeness (QED) is 0.746. The zero-order valence-electron chi connectivity index (χ0n) is 9.78. The number of carboxylic acid groups (broad SMARTS) is 1. The number of halogens is 1. The SMILES string of the molecule is O=C(O)[C@@H]1C[C@H](O)CN1C(=O)c1ccc(Br)cc1O. The number of aliphatic hydroxyl groups is 1. The molecule has 7 heteroatoms. The van der Waals surface area contributed by atoms with Crippen LogP contribution in [0.1, 0.15) is 16.8 Å². The number of likely N-dealkylation sites (tertiary alicyclic amines) is 1. The van der Waals surface area contributed by atoms with Crippen molar-refractivity contribution >= 4 is 27.8 Å². The largest absolute Gasteiger partial charge is 0.507 e. The van der Waals surface area contributed by atoms with E-state index in [1.165, 1.54) is 12.1 Å². The molecule has 102 valence electrons. The fraction of sp³-hybridized carbons (Fsp3) is 0.333. The van der Waals surface area contributed by atoms with E-state index in [4.69, 9.17) is 5.11 Å². The lowest BCUT2D eigenvalue weighted by Crippen LogP contribution is -2.40. The third-order valence-electron chi connectivity index (χ3n) is 3.02. The van der Waals surface area contributed by atoms with Crippen molar-refractivity contribution in [3.63, 3.8) is 0 Å². The van der Waals surface area contributed by atoms with Gasteiger partial charge in [-0.25, -0.2) is 4.79 Å². The molecule has 0 aliphatic carbocycles. The molecule has 1 aromatic carbocycles. The molecule has 0 saturated carbocycles. The minimum absolute atomic E-state index is 0.00162. The summed E-state index contributed by atoms with van der Waals surface area (Å²) in [5.41, 5.74) is 0.0172. The Hall–Kier alpha value is -1.60. The number of carboxylic acids is 1. The molecule has 19 heavy (non-hydrogen) atoms. The summed E-state index contributed by atoms with van der Waals surface area (Å²) in [4.78, 5) is 24.3. The van der Waals surface area contributed by atoms with Gasteiger partial charge < -0.3 is 20.2 Å². The van der Waals surface area contributed by atoms with Gasteiger partial charge >= 0.3 is 5.97 Å². The van der Waals surface area contributed by atoms with E-state index in [9.17, 15) is 19.8 Å².